The number of imidazole rings is 1. The Hall–Kier alpha value is -0.790. The average Bonchev–Trinajstić information content (AvgIpc) is 2.34. The first-order valence-electron chi connectivity index (χ1n) is 3.25. The molecule has 0 aliphatic heterocycles. The molecule has 0 aliphatic carbocycles. The van der Waals surface area contributed by atoms with Crippen LogP contribution < -0.4 is 0 Å². The molecule has 2 nitrogen and oxygen atoms in total. The molecule has 1 rings (SSSR count). The van der Waals surface area contributed by atoms with Gasteiger partial charge in [0.2, 0.25) is 0 Å². The van der Waals surface area contributed by atoms with Gasteiger partial charge in [-0.2, -0.15) is 0 Å². The predicted molar refractivity (Wildman–Crippen MR) is 36.9 cm³/mol. The minimum absolute atomic E-state index is 1.05. The third-order valence-electron chi connectivity index (χ3n) is 1.16. The second kappa shape index (κ2) is 3.28. The van der Waals surface area contributed by atoms with Crippen molar-refractivity contribution in [1.29, 1.82) is 0 Å². The van der Waals surface area contributed by atoms with Crippen LogP contribution in [0.5, 0.6) is 0 Å². The van der Waals surface area contributed by atoms with Gasteiger partial charge >= 0.3 is 0 Å². The smallest absolute Gasteiger partial charge is 0.0923 e. The zero-order valence-corrected chi connectivity index (χ0v) is 5.59. The fourth-order valence-corrected chi connectivity index (χ4v) is 0.676. The minimum atomic E-state index is 1.05. The Labute approximate surface area is 55.3 Å². The van der Waals surface area contributed by atoms with Gasteiger partial charge < -0.3 is 4.98 Å². The highest BCUT2D eigenvalue weighted by molar-refractivity contribution is 5.06. The van der Waals surface area contributed by atoms with E-state index in [1.54, 1.807) is 6.33 Å². The molecule has 1 N–H and O–H groups in total. The van der Waals surface area contributed by atoms with Crippen LogP contribution in [0.4, 0.5) is 0 Å². The van der Waals surface area contributed by atoms with E-state index in [-0.39, 0.29) is 0 Å². The topological polar surface area (TPSA) is 28.7 Å². The number of aromatic nitrogens is 2. The number of rotatable bonds is 3. The molecule has 1 aromatic rings. The fraction of sp³-hybridized carbons (Fsp3) is 0.429. The lowest BCUT2D eigenvalue weighted by molar-refractivity contribution is 0.904. The maximum Gasteiger partial charge on any atom is 0.0923 e. The van der Waals surface area contributed by atoms with Gasteiger partial charge in [-0.3, -0.25) is 0 Å². The number of hydrogen-bond donors (Lipinski definition) is 1. The van der Waals surface area contributed by atoms with E-state index in [1.807, 2.05) is 6.20 Å². The predicted octanol–water partition coefficient (Wildman–Crippen LogP) is 1.76. The van der Waals surface area contributed by atoms with Crippen LogP contribution in [0.1, 0.15) is 25.5 Å². The van der Waals surface area contributed by atoms with Gasteiger partial charge in [-0.05, 0) is 6.42 Å². The molecule has 0 aliphatic rings. The lowest BCUT2D eigenvalue weighted by Crippen LogP contribution is -1.78. The van der Waals surface area contributed by atoms with Crippen LogP contribution in [0, 0.1) is 6.42 Å². The summed E-state index contributed by atoms with van der Waals surface area (Å²) < 4.78 is 0. The molecule has 9 heavy (non-hydrogen) atoms. The zero-order chi connectivity index (χ0) is 6.53. The fourth-order valence-electron chi connectivity index (χ4n) is 0.676. The lowest BCUT2D eigenvalue weighted by atomic mass is 10.2. The average molecular weight is 123 g/mol. The summed E-state index contributed by atoms with van der Waals surface area (Å²) in [6, 6.07) is 0. The number of H-pyrrole nitrogens is 1. The summed E-state index contributed by atoms with van der Waals surface area (Å²) in [5, 5.41) is 0. The van der Waals surface area contributed by atoms with Crippen molar-refractivity contribution in [3.8, 4) is 0 Å². The monoisotopic (exact) mass is 123 g/mol. The highest BCUT2D eigenvalue weighted by Gasteiger charge is 1.90. The van der Waals surface area contributed by atoms with Crippen LogP contribution in [0.2, 0.25) is 0 Å². The van der Waals surface area contributed by atoms with Crippen LogP contribution in [0.3, 0.4) is 0 Å². The first kappa shape index (κ1) is 6.33. The molecule has 49 valence electrons. The largest absolute Gasteiger partial charge is 0.351 e. The third kappa shape index (κ3) is 1.88. The summed E-state index contributed by atoms with van der Waals surface area (Å²) >= 11 is 0. The van der Waals surface area contributed by atoms with E-state index < -0.39 is 0 Å². The molecule has 0 saturated heterocycles. The molecule has 0 fully saturated rings. The normalized spacial score (nSPS) is 9.89. The Balaban J connectivity index is 2.30. The summed E-state index contributed by atoms with van der Waals surface area (Å²) in [6.45, 7) is 2.16. The highest BCUT2D eigenvalue weighted by Crippen LogP contribution is 2.01. The van der Waals surface area contributed by atoms with Gasteiger partial charge in [0.25, 0.3) is 0 Å². The standard InChI is InChI=1S/C7H11N2/c1-2-3-4-7-5-8-6-9-7/h4-6H,2-3H2,1H3,(H,8,9). The molecule has 2 heteroatoms. The van der Waals surface area contributed by atoms with Crippen molar-refractivity contribution in [3.05, 3.63) is 24.6 Å². The number of hydrogen-bond acceptors (Lipinski definition) is 1. The molecular formula is C7H11N2. The molecule has 0 amide bonds. The van der Waals surface area contributed by atoms with Crippen LogP contribution >= 0.6 is 0 Å². The summed E-state index contributed by atoms with van der Waals surface area (Å²) in [5.74, 6) is 0. The highest BCUT2D eigenvalue weighted by atomic mass is 14.9. The summed E-state index contributed by atoms with van der Waals surface area (Å²) in [7, 11) is 0. The van der Waals surface area contributed by atoms with Crippen LogP contribution in [0.15, 0.2) is 12.5 Å². The molecule has 0 saturated carbocycles. The van der Waals surface area contributed by atoms with Crippen molar-refractivity contribution in [2.45, 2.75) is 19.8 Å². The van der Waals surface area contributed by atoms with Crippen LogP contribution in [0.25, 0.3) is 0 Å². The van der Waals surface area contributed by atoms with E-state index in [0.717, 1.165) is 12.1 Å². The van der Waals surface area contributed by atoms with Crippen molar-refractivity contribution >= 4 is 0 Å². The molecule has 0 aromatic carbocycles. The Morgan fingerprint density at radius 3 is 3.22 bits per heavy atom. The van der Waals surface area contributed by atoms with Gasteiger partial charge in [0, 0.05) is 12.6 Å². The molecule has 0 atom stereocenters. The maximum absolute atomic E-state index is 4.04. The first-order valence-corrected chi connectivity index (χ1v) is 3.25. The van der Waals surface area contributed by atoms with E-state index >= 15 is 0 Å². The Bertz CT molecular complexity index is 144. The SMILES string of the molecule is CCC[CH]c1c[nH]cn1. The summed E-state index contributed by atoms with van der Waals surface area (Å²) in [4.78, 5) is 6.94. The molecule has 0 unspecified atom stereocenters. The molecular weight excluding hydrogens is 112 g/mol. The van der Waals surface area contributed by atoms with Crippen molar-refractivity contribution < 1.29 is 0 Å². The number of aromatic amines is 1. The number of nitrogens with zero attached hydrogens (tertiary/aromatic N) is 1. The van der Waals surface area contributed by atoms with Gasteiger partial charge in [0.1, 0.15) is 0 Å². The van der Waals surface area contributed by atoms with Crippen molar-refractivity contribution in [3.63, 3.8) is 0 Å². The quantitative estimate of drug-likeness (QED) is 0.651. The summed E-state index contributed by atoms with van der Waals surface area (Å²) in [5.41, 5.74) is 1.05. The van der Waals surface area contributed by atoms with Gasteiger partial charge in [0.05, 0.1) is 12.0 Å². The Morgan fingerprint density at radius 2 is 2.67 bits per heavy atom. The van der Waals surface area contributed by atoms with E-state index in [1.165, 1.54) is 6.42 Å². The molecule has 1 heterocycles. The minimum Gasteiger partial charge on any atom is -0.351 e. The van der Waals surface area contributed by atoms with Crippen molar-refractivity contribution in [1.82, 2.24) is 9.97 Å². The number of unbranched alkanes of at least 4 members (excludes halogenated alkanes) is 1. The second-order valence-electron chi connectivity index (χ2n) is 1.99. The van der Waals surface area contributed by atoms with Gasteiger partial charge in [0.15, 0.2) is 0 Å². The number of nitrogens with one attached hydrogen (secondary N) is 1. The zero-order valence-electron chi connectivity index (χ0n) is 5.59. The first-order chi connectivity index (χ1) is 4.43. The molecule has 0 bridgehead atoms. The Morgan fingerprint density at radius 1 is 1.78 bits per heavy atom. The van der Waals surface area contributed by atoms with Crippen LogP contribution in [-0.2, 0) is 0 Å². The molecule has 0 spiro atoms. The second-order valence-corrected chi connectivity index (χ2v) is 1.99. The van der Waals surface area contributed by atoms with Crippen molar-refractivity contribution in [2.24, 2.45) is 0 Å². The van der Waals surface area contributed by atoms with E-state index in [2.05, 4.69) is 23.3 Å². The van der Waals surface area contributed by atoms with E-state index in [9.17, 15) is 0 Å². The summed E-state index contributed by atoms with van der Waals surface area (Å²) in [6.07, 6.45) is 8.02. The van der Waals surface area contributed by atoms with Crippen molar-refractivity contribution in [2.75, 3.05) is 0 Å². The van der Waals surface area contributed by atoms with Gasteiger partial charge in [-0.15, -0.1) is 0 Å². The molecule has 1 radical (unpaired) electrons. The molecule has 1 aromatic heterocycles. The lowest BCUT2D eigenvalue weighted by Gasteiger charge is -1.88. The maximum atomic E-state index is 4.04. The van der Waals surface area contributed by atoms with E-state index in [4.69, 9.17) is 0 Å². The van der Waals surface area contributed by atoms with Gasteiger partial charge in [-0.1, -0.05) is 13.3 Å². The van der Waals surface area contributed by atoms with Gasteiger partial charge in [-0.25, -0.2) is 4.98 Å². The van der Waals surface area contributed by atoms with Crippen LogP contribution in [-0.4, -0.2) is 9.97 Å². The third-order valence-corrected chi connectivity index (χ3v) is 1.16. The van der Waals surface area contributed by atoms with E-state index in [0.29, 0.717) is 0 Å². The Kier molecular flexibility index (Phi) is 2.31.